The second kappa shape index (κ2) is 6.36. The van der Waals surface area contributed by atoms with Gasteiger partial charge in [0.15, 0.2) is 0 Å². The standard InChI is InChI=1S/C18H14Cl2N2OS/c19-12-8-7-11(10-13(12)20)18(23)22-9-3-5-15(22)17-21-14-4-1-2-6-16(14)24-17/h1-2,4,6-8,10,15H,3,5,9H2. The Labute approximate surface area is 153 Å². The molecular weight excluding hydrogens is 363 g/mol. The molecule has 1 fully saturated rings. The first-order valence-corrected chi connectivity index (χ1v) is 9.32. The smallest absolute Gasteiger partial charge is 0.254 e. The lowest BCUT2D eigenvalue weighted by Gasteiger charge is -2.23. The number of hydrogen-bond donors (Lipinski definition) is 0. The summed E-state index contributed by atoms with van der Waals surface area (Å²) in [5.41, 5.74) is 1.56. The van der Waals surface area contributed by atoms with Gasteiger partial charge >= 0.3 is 0 Å². The minimum Gasteiger partial charge on any atom is -0.329 e. The number of halogens is 2. The molecule has 1 aromatic heterocycles. The number of amides is 1. The van der Waals surface area contributed by atoms with Crippen molar-refractivity contribution >= 4 is 50.7 Å². The molecule has 2 heterocycles. The molecule has 0 radical (unpaired) electrons. The third-order valence-corrected chi connectivity index (χ3v) is 6.15. The Balaban J connectivity index is 1.66. The van der Waals surface area contributed by atoms with Gasteiger partial charge in [-0.25, -0.2) is 4.98 Å². The predicted octanol–water partition coefficient (Wildman–Crippen LogP) is 5.58. The zero-order chi connectivity index (χ0) is 16.7. The van der Waals surface area contributed by atoms with E-state index < -0.39 is 0 Å². The lowest BCUT2D eigenvalue weighted by molar-refractivity contribution is 0.0735. The number of hydrogen-bond acceptors (Lipinski definition) is 3. The van der Waals surface area contributed by atoms with E-state index in [2.05, 4.69) is 6.07 Å². The molecule has 122 valence electrons. The number of carbonyl (C=O) groups is 1. The van der Waals surface area contributed by atoms with Gasteiger partial charge in [0.25, 0.3) is 5.91 Å². The van der Waals surface area contributed by atoms with Crippen molar-refractivity contribution < 1.29 is 4.79 Å². The van der Waals surface area contributed by atoms with Gasteiger partial charge in [0, 0.05) is 12.1 Å². The average Bonchev–Trinajstić information content (AvgIpc) is 3.22. The maximum Gasteiger partial charge on any atom is 0.254 e. The van der Waals surface area contributed by atoms with E-state index in [0.717, 1.165) is 34.6 Å². The van der Waals surface area contributed by atoms with Crippen LogP contribution in [0.25, 0.3) is 10.2 Å². The van der Waals surface area contributed by atoms with Crippen LogP contribution in [0.1, 0.15) is 34.2 Å². The van der Waals surface area contributed by atoms with Crippen LogP contribution in [0, 0.1) is 0 Å². The molecule has 6 heteroatoms. The Morgan fingerprint density at radius 1 is 1.17 bits per heavy atom. The van der Waals surface area contributed by atoms with Crippen LogP contribution in [-0.4, -0.2) is 22.3 Å². The van der Waals surface area contributed by atoms with Crippen molar-refractivity contribution in [3.8, 4) is 0 Å². The van der Waals surface area contributed by atoms with Crippen molar-refractivity contribution in [2.45, 2.75) is 18.9 Å². The number of benzene rings is 2. The number of aromatic nitrogens is 1. The molecule has 1 unspecified atom stereocenters. The second-order valence-electron chi connectivity index (χ2n) is 5.81. The zero-order valence-electron chi connectivity index (χ0n) is 12.7. The molecule has 0 aliphatic carbocycles. The number of para-hydroxylation sites is 1. The van der Waals surface area contributed by atoms with Crippen molar-refractivity contribution in [3.63, 3.8) is 0 Å². The summed E-state index contributed by atoms with van der Waals surface area (Å²) >= 11 is 13.7. The van der Waals surface area contributed by atoms with Crippen molar-refractivity contribution in [3.05, 3.63) is 63.1 Å². The van der Waals surface area contributed by atoms with Gasteiger partial charge in [-0.2, -0.15) is 0 Å². The van der Waals surface area contributed by atoms with E-state index in [-0.39, 0.29) is 11.9 Å². The minimum absolute atomic E-state index is 0.0182. The molecule has 3 aromatic rings. The Morgan fingerprint density at radius 3 is 2.79 bits per heavy atom. The first-order chi connectivity index (χ1) is 11.6. The quantitative estimate of drug-likeness (QED) is 0.584. The molecular formula is C18H14Cl2N2OS. The molecule has 0 saturated carbocycles. The van der Waals surface area contributed by atoms with E-state index in [0.29, 0.717) is 15.6 Å². The molecule has 1 aliphatic heterocycles. The summed E-state index contributed by atoms with van der Waals surface area (Å²) < 4.78 is 1.15. The highest BCUT2D eigenvalue weighted by molar-refractivity contribution is 7.18. The van der Waals surface area contributed by atoms with Crippen LogP contribution in [0.5, 0.6) is 0 Å². The highest BCUT2D eigenvalue weighted by Crippen LogP contribution is 2.37. The fraction of sp³-hybridized carbons (Fsp3) is 0.222. The molecule has 1 atom stereocenters. The Morgan fingerprint density at radius 2 is 2.00 bits per heavy atom. The van der Waals surface area contributed by atoms with Crippen LogP contribution in [-0.2, 0) is 0 Å². The molecule has 0 bridgehead atoms. The van der Waals surface area contributed by atoms with Crippen molar-refractivity contribution in [2.75, 3.05) is 6.54 Å². The van der Waals surface area contributed by atoms with Gasteiger partial charge in [-0.15, -0.1) is 11.3 Å². The number of carbonyl (C=O) groups excluding carboxylic acids is 1. The van der Waals surface area contributed by atoms with Crippen molar-refractivity contribution in [1.82, 2.24) is 9.88 Å². The summed E-state index contributed by atoms with van der Waals surface area (Å²) in [6, 6.07) is 13.1. The van der Waals surface area contributed by atoms with Gasteiger partial charge in [-0.3, -0.25) is 4.79 Å². The summed E-state index contributed by atoms with van der Waals surface area (Å²) in [5, 5.41) is 1.86. The molecule has 0 spiro atoms. The largest absolute Gasteiger partial charge is 0.329 e. The Bertz CT molecular complexity index is 891. The van der Waals surface area contributed by atoms with Crippen LogP contribution in [0.3, 0.4) is 0 Å². The molecule has 1 saturated heterocycles. The molecule has 3 nitrogen and oxygen atoms in total. The molecule has 1 amide bonds. The first kappa shape index (κ1) is 15.9. The average molecular weight is 377 g/mol. The normalized spacial score (nSPS) is 17.6. The van der Waals surface area contributed by atoms with E-state index in [1.54, 1.807) is 29.5 Å². The van der Waals surface area contributed by atoms with Crippen molar-refractivity contribution in [1.29, 1.82) is 0 Å². The number of nitrogens with zero attached hydrogens (tertiary/aromatic N) is 2. The number of thiazole rings is 1. The Kier molecular flexibility index (Phi) is 4.21. The fourth-order valence-electron chi connectivity index (χ4n) is 3.09. The summed E-state index contributed by atoms with van der Waals surface area (Å²) in [6.07, 6.45) is 1.92. The fourth-order valence-corrected chi connectivity index (χ4v) is 4.51. The van der Waals surface area contributed by atoms with E-state index in [1.165, 1.54) is 0 Å². The zero-order valence-corrected chi connectivity index (χ0v) is 15.0. The highest BCUT2D eigenvalue weighted by atomic mass is 35.5. The molecule has 0 N–H and O–H groups in total. The molecule has 1 aliphatic rings. The van der Waals surface area contributed by atoms with Gasteiger partial charge in [-0.05, 0) is 43.2 Å². The summed E-state index contributed by atoms with van der Waals surface area (Å²) in [6.45, 7) is 0.736. The lowest BCUT2D eigenvalue weighted by Crippen LogP contribution is -2.30. The molecule has 24 heavy (non-hydrogen) atoms. The molecule has 2 aromatic carbocycles. The maximum atomic E-state index is 12.9. The van der Waals surface area contributed by atoms with Crippen LogP contribution in [0.15, 0.2) is 42.5 Å². The third kappa shape index (κ3) is 2.79. The summed E-state index contributed by atoms with van der Waals surface area (Å²) in [7, 11) is 0. The van der Waals surface area contributed by atoms with Gasteiger partial charge in [0.1, 0.15) is 5.01 Å². The topological polar surface area (TPSA) is 33.2 Å². The van der Waals surface area contributed by atoms with Crippen LogP contribution in [0.4, 0.5) is 0 Å². The minimum atomic E-state index is -0.0182. The summed E-state index contributed by atoms with van der Waals surface area (Å²) in [5.74, 6) is -0.0182. The predicted molar refractivity (Wildman–Crippen MR) is 99.1 cm³/mol. The van der Waals surface area contributed by atoms with E-state index in [1.807, 2.05) is 23.1 Å². The third-order valence-electron chi connectivity index (χ3n) is 4.28. The van der Waals surface area contributed by atoms with E-state index >= 15 is 0 Å². The first-order valence-electron chi connectivity index (χ1n) is 7.75. The number of likely N-dealkylation sites (tertiary alicyclic amines) is 1. The SMILES string of the molecule is O=C(c1ccc(Cl)c(Cl)c1)N1CCCC1c1nc2ccccc2s1. The van der Waals surface area contributed by atoms with Crippen molar-refractivity contribution in [2.24, 2.45) is 0 Å². The maximum absolute atomic E-state index is 12.9. The van der Waals surface area contributed by atoms with Crippen LogP contribution in [0.2, 0.25) is 10.0 Å². The lowest BCUT2D eigenvalue weighted by atomic mass is 10.1. The summed E-state index contributed by atoms with van der Waals surface area (Å²) in [4.78, 5) is 19.5. The van der Waals surface area contributed by atoms with Gasteiger partial charge in [-0.1, -0.05) is 35.3 Å². The van der Waals surface area contributed by atoms with Gasteiger partial charge < -0.3 is 4.90 Å². The van der Waals surface area contributed by atoms with Crippen LogP contribution >= 0.6 is 34.5 Å². The second-order valence-corrected chi connectivity index (χ2v) is 7.68. The van der Waals surface area contributed by atoms with E-state index in [4.69, 9.17) is 28.2 Å². The number of rotatable bonds is 2. The van der Waals surface area contributed by atoms with Crippen LogP contribution < -0.4 is 0 Å². The Hall–Kier alpha value is -1.62. The van der Waals surface area contributed by atoms with E-state index in [9.17, 15) is 4.79 Å². The molecule has 4 rings (SSSR count). The van der Waals surface area contributed by atoms with Gasteiger partial charge in [0.05, 0.1) is 26.3 Å². The van der Waals surface area contributed by atoms with Gasteiger partial charge in [0.2, 0.25) is 0 Å². The number of fused-ring (bicyclic) bond motifs is 1. The monoisotopic (exact) mass is 376 g/mol. The highest BCUT2D eigenvalue weighted by Gasteiger charge is 2.32.